The minimum absolute atomic E-state index is 0.0797. The third-order valence-corrected chi connectivity index (χ3v) is 4.13. The molecule has 0 saturated carbocycles. The van der Waals surface area contributed by atoms with Crippen molar-refractivity contribution in [1.82, 2.24) is 0 Å². The first kappa shape index (κ1) is 15.3. The zero-order valence-electron chi connectivity index (χ0n) is 11.1. The van der Waals surface area contributed by atoms with E-state index in [9.17, 15) is 22.0 Å². The van der Waals surface area contributed by atoms with Crippen LogP contribution >= 0.6 is 0 Å². The summed E-state index contributed by atoms with van der Waals surface area (Å²) in [6.45, 7) is 0. The van der Waals surface area contributed by atoms with E-state index in [0.717, 1.165) is 18.4 Å². The van der Waals surface area contributed by atoms with E-state index in [-0.39, 0.29) is 16.0 Å². The zero-order chi connectivity index (χ0) is 15.6. The normalized spacial score (nSPS) is 11.4. The maximum Gasteiger partial charge on any atom is 0.175 e. The number of ketones is 1. The van der Waals surface area contributed by atoms with Crippen LogP contribution in [0.4, 0.5) is 8.78 Å². The maximum absolute atomic E-state index is 13.5. The van der Waals surface area contributed by atoms with Gasteiger partial charge in [-0.1, -0.05) is 18.2 Å². The molecule has 0 heterocycles. The average Bonchev–Trinajstić information content (AvgIpc) is 2.42. The van der Waals surface area contributed by atoms with Crippen molar-refractivity contribution in [2.75, 3.05) is 6.26 Å². The second-order valence-electron chi connectivity index (χ2n) is 4.60. The van der Waals surface area contributed by atoms with Gasteiger partial charge in [-0.05, 0) is 24.3 Å². The van der Waals surface area contributed by atoms with Gasteiger partial charge in [-0.2, -0.15) is 0 Å². The number of hydrogen-bond acceptors (Lipinski definition) is 3. The van der Waals surface area contributed by atoms with Gasteiger partial charge in [-0.3, -0.25) is 4.79 Å². The second kappa shape index (κ2) is 5.73. The Morgan fingerprint density at radius 1 is 1.00 bits per heavy atom. The van der Waals surface area contributed by atoms with Crippen LogP contribution in [0.15, 0.2) is 47.4 Å². The summed E-state index contributed by atoms with van der Waals surface area (Å²) in [5.74, 6) is -2.05. The molecule has 0 saturated heterocycles. The van der Waals surface area contributed by atoms with E-state index >= 15 is 0 Å². The average molecular weight is 310 g/mol. The summed E-state index contributed by atoms with van der Waals surface area (Å²) in [6.07, 6.45) is 0.634. The van der Waals surface area contributed by atoms with Gasteiger partial charge < -0.3 is 0 Å². The number of Topliss-reactive ketones (excluding diaryl/α,β-unsaturated/α-hetero) is 1. The lowest BCUT2D eigenvalue weighted by Crippen LogP contribution is -2.08. The summed E-state index contributed by atoms with van der Waals surface area (Å²) in [6, 6.07) is 8.63. The van der Waals surface area contributed by atoms with E-state index in [1.54, 1.807) is 0 Å². The van der Waals surface area contributed by atoms with E-state index < -0.39 is 33.7 Å². The van der Waals surface area contributed by atoms with E-state index in [2.05, 4.69) is 0 Å². The molecule has 2 rings (SSSR count). The number of benzene rings is 2. The molecule has 0 radical (unpaired) electrons. The number of sulfone groups is 1. The van der Waals surface area contributed by atoms with E-state index in [1.807, 2.05) is 0 Å². The van der Waals surface area contributed by atoms with Crippen LogP contribution in [0.5, 0.6) is 0 Å². The van der Waals surface area contributed by atoms with Gasteiger partial charge in [-0.15, -0.1) is 0 Å². The first-order valence-corrected chi connectivity index (χ1v) is 7.94. The zero-order valence-corrected chi connectivity index (χ0v) is 12.0. The van der Waals surface area contributed by atoms with Gasteiger partial charge in [-0.25, -0.2) is 17.2 Å². The van der Waals surface area contributed by atoms with Gasteiger partial charge in [0.05, 0.1) is 4.90 Å². The monoisotopic (exact) mass is 310 g/mol. The van der Waals surface area contributed by atoms with Crippen molar-refractivity contribution in [2.24, 2.45) is 0 Å². The van der Waals surface area contributed by atoms with Gasteiger partial charge in [0.15, 0.2) is 15.6 Å². The van der Waals surface area contributed by atoms with Crippen molar-refractivity contribution in [3.05, 3.63) is 65.2 Å². The minimum atomic E-state index is -3.35. The Morgan fingerprint density at radius 3 is 2.00 bits per heavy atom. The van der Waals surface area contributed by atoms with Crippen LogP contribution in [0.2, 0.25) is 0 Å². The van der Waals surface area contributed by atoms with E-state index in [1.165, 1.54) is 30.3 Å². The fraction of sp³-hybridized carbons (Fsp3) is 0.133. The van der Waals surface area contributed by atoms with Gasteiger partial charge in [0, 0.05) is 23.8 Å². The lowest BCUT2D eigenvalue weighted by molar-refractivity contribution is 0.0990. The molecule has 0 unspecified atom stereocenters. The standard InChI is InChI=1S/C15H12F2O3S/c1-21(19,20)11-7-5-10(6-8-11)15(18)9-12-13(16)3-2-4-14(12)17/h2-8H,9H2,1H3. The van der Waals surface area contributed by atoms with Crippen molar-refractivity contribution in [1.29, 1.82) is 0 Å². The molecule has 2 aromatic carbocycles. The van der Waals surface area contributed by atoms with Crippen molar-refractivity contribution in [3.63, 3.8) is 0 Å². The number of halogens is 2. The lowest BCUT2D eigenvalue weighted by atomic mass is 10.0. The van der Waals surface area contributed by atoms with Crippen molar-refractivity contribution in [2.45, 2.75) is 11.3 Å². The third kappa shape index (κ3) is 3.52. The predicted octanol–water partition coefficient (Wildman–Crippen LogP) is 2.79. The van der Waals surface area contributed by atoms with Crippen LogP contribution in [-0.2, 0) is 16.3 Å². The molecule has 21 heavy (non-hydrogen) atoms. The highest BCUT2D eigenvalue weighted by Gasteiger charge is 2.15. The largest absolute Gasteiger partial charge is 0.294 e. The molecule has 0 aliphatic carbocycles. The van der Waals surface area contributed by atoms with Crippen molar-refractivity contribution < 1.29 is 22.0 Å². The van der Waals surface area contributed by atoms with Gasteiger partial charge >= 0.3 is 0 Å². The Balaban J connectivity index is 2.25. The molecular formula is C15H12F2O3S. The molecule has 6 heteroatoms. The molecule has 0 aliphatic rings. The molecule has 0 atom stereocenters. The summed E-state index contributed by atoms with van der Waals surface area (Å²) >= 11 is 0. The summed E-state index contributed by atoms with van der Waals surface area (Å²) in [4.78, 5) is 12.1. The fourth-order valence-electron chi connectivity index (χ4n) is 1.85. The highest BCUT2D eigenvalue weighted by Crippen LogP contribution is 2.16. The Labute approximate surface area is 121 Å². The Kier molecular flexibility index (Phi) is 4.18. The molecule has 0 aromatic heterocycles. The van der Waals surface area contributed by atoms with Crippen LogP contribution in [0.25, 0.3) is 0 Å². The summed E-state index contributed by atoms with van der Waals surface area (Å²) in [5, 5.41) is 0. The smallest absolute Gasteiger partial charge is 0.175 e. The molecule has 0 fully saturated rings. The SMILES string of the molecule is CS(=O)(=O)c1ccc(C(=O)Cc2c(F)cccc2F)cc1. The van der Waals surface area contributed by atoms with E-state index in [4.69, 9.17) is 0 Å². The minimum Gasteiger partial charge on any atom is -0.294 e. The number of rotatable bonds is 4. The predicted molar refractivity (Wildman–Crippen MR) is 73.9 cm³/mol. The van der Waals surface area contributed by atoms with Crippen LogP contribution in [0.1, 0.15) is 15.9 Å². The molecule has 0 aliphatic heterocycles. The van der Waals surface area contributed by atoms with Gasteiger partial charge in [0.25, 0.3) is 0 Å². The van der Waals surface area contributed by atoms with Gasteiger partial charge in [0.2, 0.25) is 0 Å². The number of hydrogen-bond donors (Lipinski definition) is 0. The number of carbonyl (C=O) groups is 1. The Morgan fingerprint density at radius 2 is 1.52 bits per heavy atom. The third-order valence-electron chi connectivity index (χ3n) is 3.00. The van der Waals surface area contributed by atoms with E-state index in [0.29, 0.717) is 0 Å². The summed E-state index contributed by atoms with van der Waals surface area (Å²) in [7, 11) is -3.35. The molecular weight excluding hydrogens is 298 g/mol. The second-order valence-corrected chi connectivity index (χ2v) is 6.61. The Hall–Kier alpha value is -2.08. The highest BCUT2D eigenvalue weighted by atomic mass is 32.2. The number of carbonyl (C=O) groups excluding carboxylic acids is 1. The highest BCUT2D eigenvalue weighted by molar-refractivity contribution is 7.90. The maximum atomic E-state index is 13.5. The molecule has 2 aromatic rings. The lowest BCUT2D eigenvalue weighted by Gasteiger charge is -2.05. The first-order valence-electron chi connectivity index (χ1n) is 6.05. The van der Waals surface area contributed by atoms with Crippen LogP contribution < -0.4 is 0 Å². The molecule has 3 nitrogen and oxygen atoms in total. The fourth-order valence-corrected chi connectivity index (χ4v) is 2.48. The van der Waals surface area contributed by atoms with Crippen LogP contribution in [0.3, 0.4) is 0 Å². The molecule has 0 spiro atoms. The molecule has 0 bridgehead atoms. The topological polar surface area (TPSA) is 51.2 Å². The van der Waals surface area contributed by atoms with Crippen LogP contribution in [0, 0.1) is 11.6 Å². The molecule has 0 amide bonds. The summed E-state index contributed by atoms with van der Waals surface area (Å²) < 4.78 is 49.6. The van der Waals surface area contributed by atoms with Gasteiger partial charge in [0.1, 0.15) is 11.6 Å². The van der Waals surface area contributed by atoms with Crippen molar-refractivity contribution >= 4 is 15.6 Å². The molecule has 0 N–H and O–H groups in total. The molecule has 110 valence electrons. The Bertz CT molecular complexity index is 761. The van der Waals surface area contributed by atoms with Crippen LogP contribution in [-0.4, -0.2) is 20.5 Å². The first-order chi connectivity index (χ1) is 9.79. The quantitative estimate of drug-likeness (QED) is 0.816. The summed E-state index contributed by atoms with van der Waals surface area (Å²) in [5.41, 5.74) is -0.0975. The van der Waals surface area contributed by atoms with Crippen molar-refractivity contribution in [3.8, 4) is 0 Å².